The summed E-state index contributed by atoms with van der Waals surface area (Å²) >= 11 is 0. The highest BCUT2D eigenvalue weighted by molar-refractivity contribution is 5.80. The van der Waals surface area contributed by atoms with Crippen molar-refractivity contribution in [2.75, 3.05) is 44.3 Å². The van der Waals surface area contributed by atoms with Crippen molar-refractivity contribution in [2.45, 2.75) is 44.8 Å². The first-order valence-corrected chi connectivity index (χ1v) is 9.28. The molecule has 2 aliphatic heterocycles. The first-order chi connectivity index (χ1) is 12.2. The summed E-state index contributed by atoms with van der Waals surface area (Å²) in [5.41, 5.74) is 0. The van der Waals surface area contributed by atoms with E-state index in [-0.39, 0.29) is 12.0 Å². The number of rotatable bonds is 5. The van der Waals surface area contributed by atoms with E-state index in [1.165, 1.54) is 6.42 Å². The third-order valence-electron chi connectivity index (χ3n) is 4.84. The molecule has 0 spiro atoms. The lowest BCUT2D eigenvalue weighted by Gasteiger charge is -2.27. The minimum absolute atomic E-state index is 0.0665. The second-order valence-corrected chi connectivity index (χ2v) is 6.71. The molecule has 0 N–H and O–H groups in total. The van der Waals surface area contributed by atoms with E-state index in [1.54, 1.807) is 6.20 Å². The Labute approximate surface area is 149 Å². The summed E-state index contributed by atoms with van der Waals surface area (Å²) < 4.78 is 11.5. The molecule has 138 valence electrons. The van der Waals surface area contributed by atoms with Gasteiger partial charge in [-0.15, -0.1) is 5.10 Å². The highest BCUT2D eigenvalue weighted by Crippen LogP contribution is 2.15. The molecule has 0 bridgehead atoms. The standard InChI is InChI=1S/C18H28N4O3/c1-15(25-14-16-6-2-3-13-24-16)18(23)22-10-5-9-21(11-12-22)17-7-4-8-19-20-17/h4,7-8,15-16H,2-3,5-6,9-14H2,1H3/t15-,16-/m1/s1. The predicted octanol–water partition coefficient (Wildman–Crippen LogP) is 1.49. The lowest BCUT2D eigenvalue weighted by Crippen LogP contribution is -2.42. The molecule has 0 aromatic carbocycles. The molecule has 7 nitrogen and oxygen atoms in total. The Morgan fingerprint density at radius 3 is 3.00 bits per heavy atom. The molecule has 2 saturated heterocycles. The van der Waals surface area contributed by atoms with Crippen LogP contribution in [-0.4, -0.2) is 72.6 Å². The Hall–Kier alpha value is -1.73. The molecule has 7 heteroatoms. The monoisotopic (exact) mass is 348 g/mol. The van der Waals surface area contributed by atoms with Gasteiger partial charge in [-0.1, -0.05) is 0 Å². The number of aromatic nitrogens is 2. The molecule has 0 aliphatic carbocycles. The fourth-order valence-electron chi connectivity index (χ4n) is 3.35. The van der Waals surface area contributed by atoms with E-state index in [4.69, 9.17) is 9.47 Å². The van der Waals surface area contributed by atoms with Gasteiger partial charge >= 0.3 is 0 Å². The number of nitrogens with zero attached hydrogens (tertiary/aromatic N) is 4. The van der Waals surface area contributed by atoms with Crippen molar-refractivity contribution in [3.63, 3.8) is 0 Å². The van der Waals surface area contributed by atoms with Crippen LogP contribution >= 0.6 is 0 Å². The van der Waals surface area contributed by atoms with Crippen molar-refractivity contribution >= 4 is 11.7 Å². The molecule has 2 atom stereocenters. The number of carbonyl (C=O) groups is 1. The van der Waals surface area contributed by atoms with Crippen molar-refractivity contribution in [3.8, 4) is 0 Å². The van der Waals surface area contributed by atoms with Gasteiger partial charge < -0.3 is 19.3 Å². The Morgan fingerprint density at radius 1 is 1.32 bits per heavy atom. The number of hydrogen-bond acceptors (Lipinski definition) is 6. The van der Waals surface area contributed by atoms with Crippen molar-refractivity contribution in [1.29, 1.82) is 0 Å². The third-order valence-corrected chi connectivity index (χ3v) is 4.84. The van der Waals surface area contributed by atoms with Crippen molar-refractivity contribution in [2.24, 2.45) is 0 Å². The van der Waals surface area contributed by atoms with Crippen molar-refractivity contribution in [1.82, 2.24) is 15.1 Å². The normalized spacial score (nSPS) is 23.2. The lowest BCUT2D eigenvalue weighted by molar-refractivity contribution is -0.145. The maximum Gasteiger partial charge on any atom is 0.251 e. The van der Waals surface area contributed by atoms with E-state index < -0.39 is 6.10 Å². The largest absolute Gasteiger partial charge is 0.376 e. The first kappa shape index (κ1) is 18.1. The first-order valence-electron chi connectivity index (χ1n) is 9.28. The average Bonchev–Trinajstić information content (AvgIpc) is 2.93. The van der Waals surface area contributed by atoms with Gasteiger partial charge in [0.25, 0.3) is 5.91 Å². The topological polar surface area (TPSA) is 67.8 Å². The Bertz CT molecular complexity index is 536. The molecule has 25 heavy (non-hydrogen) atoms. The highest BCUT2D eigenvalue weighted by atomic mass is 16.5. The second kappa shape index (κ2) is 9.10. The summed E-state index contributed by atoms with van der Waals surface area (Å²) in [6.07, 6.45) is 5.64. The maximum absolute atomic E-state index is 12.7. The van der Waals surface area contributed by atoms with Crippen LogP contribution < -0.4 is 4.90 Å². The number of ether oxygens (including phenoxy) is 2. The van der Waals surface area contributed by atoms with E-state index in [2.05, 4.69) is 15.1 Å². The minimum atomic E-state index is -0.423. The zero-order chi connectivity index (χ0) is 17.5. The van der Waals surface area contributed by atoms with Crippen molar-refractivity contribution < 1.29 is 14.3 Å². The van der Waals surface area contributed by atoms with E-state index in [9.17, 15) is 4.79 Å². The van der Waals surface area contributed by atoms with Crippen LogP contribution in [0.15, 0.2) is 18.3 Å². The fraction of sp³-hybridized carbons (Fsp3) is 0.722. The summed E-state index contributed by atoms with van der Waals surface area (Å²) in [7, 11) is 0. The van der Waals surface area contributed by atoms with Gasteiger partial charge in [0, 0.05) is 39.0 Å². The molecular formula is C18H28N4O3. The van der Waals surface area contributed by atoms with Gasteiger partial charge in [0.2, 0.25) is 0 Å². The van der Waals surface area contributed by atoms with Gasteiger partial charge in [0.1, 0.15) is 6.10 Å². The molecule has 0 unspecified atom stereocenters. The van der Waals surface area contributed by atoms with E-state index in [0.29, 0.717) is 13.2 Å². The summed E-state index contributed by atoms with van der Waals surface area (Å²) in [6, 6.07) is 3.85. The van der Waals surface area contributed by atoms with Crippen molar-refractivity contribution in [3.05, 3.63) is 18.3 Å². The second-order valence-electron chi connectivity index (χ2n) is 6.71. The highest BCUT2D eigenvalue weighted by Gasteiger charge is 2.25. The molecular weight excluding hydrogens is 320 g/mol. The number of hydrogen-bond donors (Lipinski definition) is 0. The van der Waals surface area contributed by atoms with Gasteiger partial charge in [0.15, 0.2) is 5.82 Å². The van der Waals surface area contributed by atoms with Gasteiger partial charge in [-0.05, 0) is 44.7 Å². The van der Waals surface area contributed by atoms with E-state index >= 15 is 0 Å². The number of anilines is 1. The van der Waals surface area contributed by atoms with Crippen LogP contribution in [0.2, 0.25) is 0 Å². The number of amides is 1. The van der Waals surface area contributed by atoms with Gasteiger partial charge in [0.05, 0.1) is 12.7 Å². The molecule has 1 amide bonds. The average molecular weight is 348 g/mol. The van der Waals surface area contributed by atoms with Crippen LogP contribution in [0.1, 0.15) is 32.6 Å². The van der Waals surface area contributed by atoms with Crippen LogP contribution in [0.4, 0.5) is 5.82 Å². The quantitative estimate of drug-likeness (QED) is 0.803. The number of carbonyl (C=O) groups excluding carboxylic acids is 1. The summed E-state index contributed by atoms with van der Waals surface area (Å²) in [5, 5.41) is 8.10. The molecule has 3 heterocycles. The van der Waals surface area contributed by atoms with Gasteiger partial charge in [-0.3, -0.25) is 4.79 Å². The zero-order valence-corrected chi connectivity index (χ0v) is 15.0. The summed E-state index contributed by atoms with van der Waals surface area (Å²) in [6.45, 7) is 6.24. The summed E-state index contributed by atoms with van der Waals surface area (Å²) in [5.74, 6) is 0.937. The van der Waals surface area contributed by atoms with Crippen LogP contribution in [0, 0.1) is 0 Å². The molecule has 0 saturated carbocycles. The molecule has 2 fully saturated rings. The van der Waals surface area contributed by atoms with Crippen LogP contribution in [0.25, 0.3) is 0 Å². The molecule has 0 radical (unpaired) electrons. The Morgan fingerprint density at radius 2 is 2.24 bits per heavy atom. The van der Waals surface area contributed by atoms with Crippen LogP contribution in [-0.2, 0) is 14.3 Å². The molecule has 2 aliphatic rings. The Balaban J connectivity index is 1.46. The van der Waals surface area contributed by atoms with E-state index in [0.717, 1.165) is 51.3 Å². The third kappa shape index (κ3) is 5.12. The van der Waals surface area contributed by atoms with E-state index in [1.807, 2.05) is 24.0 Å². The minimum Gasteiger partial charge on any atom is -0.376 e. The van der Waals surface area contributed by atoms with Gasteiger partial charge in [-0.2, -0.15) is 5.10 Å². The predicted molar refractivity (Wildman–Crippen MR) is 94.4 cm³/mol. The van der Waals surface area contributed by atoms with Gasteiger partial charge in [-0.25, -0.2) is 0 Å². The van der Waals surface area contributed by atoms with Crippen LogP contribution in [0.3, 0.4) is 0 Å². The fourth-order valence-corrected chi connectivity index (χ4v) is 3.35. The Kier molecular flexibility index (Phi) is 6.58. The smallest absolute Gasteiger partial charge is 0.251 e. The summed E-state index contributed by atoms with van der Waals surface area (Å²) in [4.78, 5) is 16.8. The maximum atomic E-state index is 12.7. The zero-order valence-electron chi connectivity index (χ0n) is 15.0. The lowest BCUT2D eigenvalue weighted by atomic mass is 10.1. The van der Waals surface area contributed by atoms with Crippen LogP contribution in [0.5, 0.6) is 0 Å². The SMILES string of the molecule is C[C@@H](OC[C@H]1CCCCO1)C(=O)N1CCCN(c2cccnn2)CC1. The molecule has 1 aromatic rings. The molecule has 3 rings (SSSR count). The molecule has 1 aromatic heterocycles.